The van der Waals surface area contributed by atoms with Crippen LogP contribution in [0.2, 0.25) is 0 Å². The Bertz CT molecular complexity index is 352. The Hall–Kier alpha value is -1.07. The van der Waals surface area contributed by atoms with E-state index in [0.717, 1.165) is 12.8 Å². The van der Waals surface area contributed by atoms with E-state index in [2.05, 4.69) is 10.4 Å². The van der Waals surface area contributed by atoms with Gasteiger partial charge in [0.15, 0.2) is 0 Å². The van der Waals surface area contributed by atoms with Gasteiger partial charge >= 0.3 is 0 Å². The molecule has 1 aromatic heterocycles. The second kappa shape index (κ2) is 6.61. The molecule has 0 spiro atoms. The number of aryl methyl sites for hydroxylation is 1. The first-order valence-electron chi connectivity index (χ1n) is 5.58. The van der Waals surface area contributed by atoms with E-state index in [-0.39, 0.29) is 23.9 Å². The number of carbonyl (C=O) groups is 1. The summed E-state index contributed by atoms with van der Waals surface area (Å²) in [6.45, 7) is 4.51. The maximum Gasteiger partial charge on any atom is 0.254 e. The minimum atomic E-state index is -0.299. The fraction of sp³-hybridized carbons (Fsp3) is 0.636. The minimum absolute atomic E-state index is 0. The van der Waals surface area contributed by atoms with Crippen LogP contribution in [-0.2, 0) is 7.05 Å². The highest BCUT2D eigenvalue weighted by atomic mass is 35.5. The van der Waals surface area contributed by atoms with Gasteiger partial charge in [0.05, 0.1) is 17.3 Å². The zero-order chi connectivity index (χ0) is 12.2. The normalized spacial score (nSPS) is 10.8. The molecule has 0 bridgehead atoms. The van der Waals surface area contributed by atoms with Crippen molar-refractivity contribution in [2.75, 3.05) is 6.54 Å². The molecule has 0 fully saturated rings. The topological polar surface area (TPSA) is 72.9 Å². The first kappa shape index (κ1) is 15.9. The summed E-state index contributed by atoms with van der Waals surface area (Å²) in [6, 6.07) is 0. The summed E-state index contributed by atoms with van der Waals surface area (Å²) in [5, 5.41) is 6.96. The standard InChI is InChI=1S/C11H20N4O.ClH/c1-4-11(5-2,8-12)14-10(16)9-6-13-15(3)7-9;/h6-7H,4-5,8,12H2,1-3H3,(H,14,16);1H. The highest BCUT2D eigenvalue weighted by Crippen LogP contribution is 2.14. The van der Waals surface area contributed by atoms with Crippen LogP contribution in [0.1, 0.15) is 37.0 Å². The second-order valence-electron chi connectivity index (χ2n) is 4.05. The number of hydrogen-bond donors (Lipinski definition) is 2. The van der Waals surface area contributed by atoms with E-state index in [1.165, 1.54) is 0 Å². The van der Waals surface area contributed by atoms with Crippen LogP contribution in [0.25, 0.3) is 0 Å². The number of carbonyl (C=O) groups excluding carboxylic acids is 1. The van der Waals surface area contributed by atoms with Crippen molar-refractivity contribution in [3.8, 4) is 0 Å². The van der Waals surface area contributed by atoms with Gasteiger partial charge in [-0.25, -0.2) is 0 Å². The van der Waals surface area contributed by atoms with Crippen LogP contribution in [0.5, 0.6) is 0 Å². The van der Waals surface area contributed by atoms with Crippen LogP contribution >= 0.6 is 12.4 Å². The number of hydrogen-bond acceptors (Lipinski definition) is 3. The van der Waals surface area contributed by atoms with Crippen molar-refractivity contribution in [3.63, 3.8) is 0 Å². The third-order valence-electron chi connectivity index (χ3n) is 3.09. The number of halogens is 1. The molecule has 17 heavy (non-hydrogen) atoms. The van der Waals surface area contributed by atoms with Gasteiger partial charge in [-0.05, 0) is 12.8 Å². The smallest absolute Gasteiger partial charge is 0.254 e. The molecular formula is C11H21ClN4O. The second-order valence-corrected chi connectivity index (χ2v) is 4.05. The zero-order valence-electron chi connectivity index (χ0n) is 10.6. The third-order valence-corrected chi connectivity index (χ3v) is 3.09. The van der Waals surface area contributed by atoms with Crippen LogP contribution < -0.4 is 11.1 Å². The lowest BCUT2D eigenvalue weighted by atomic mass is 9.92. The summed E-state index contributed by atoms with van der Waals surface area (Å²) >= 11 is 0. The highest BCUT2D eigenvalue weighted by Gasteiger charge is 2.27. The molecule has 0 aliphatic carbocycles. The molecule has 1 heterocycles. The summed E-state index contributed by atoms with van der Waals surface area (Å²) in [5.41, 5.74) is 6.00. The Labute approximate surface area is 108 Å². The maximum atomic E-state index is 11.9. The van der Waals surface area contributed by atoms with Gasteiger partial charge in [-0.15, -0.1) is 12.4 Å². The number of nitrogens with one attached hydrogen (secondary N) is 1. The Morgan fingerprint density at radius 2 is 2.12 bits per heavy atom. The average molecular weight is 261 g/mol. The van der Waals surface area contributed by atoms with Gasteiger partial charge < -0.3 is 11.1 Å². The fourth-order valence-corrected chi connectivity index (χ4v) is 1.62. The lowest BCUT2D eigenvalue weighted by molar-refractivity contribution is 0.0895. The molecule has 0 atom stereocenters. The molecule has 0 unspecified atom stereocenters. The van der Waals surface area contributed by atoms with Gasteiger partial charge in [-0.3, -0.25) is 9.48 Å². The first-order chi connectivity index (χ1) is 7.56. The van der Waals surface area contributed by atoms with E-state index in [1.807, 2.05) is 13.8 Å². The van der Waals surface area contributed by atoms with E-state index in [0.29, 0.717) is 12.1 Å². The van der Waals surface area contributed by atoms with Crippen molar-refractivity contribution < 1.29 is 4.79 Å². The molecule has 98 valence electrons. The van der Waals surface area contributed by atoms with Crippen LogP contribution in [-0.4, -0.2) is 27.8 Å². The Balaban J connectivity index is 0.00000256. The van der Waals surface area contributed by atoms with Crippen molar-refractivity contribution in [1.82, 2.24) is 15.1 Å². The predicted octanol–water partition coefficient (Wildman–Crippen LogP) is 1.09. The van der Waals surface area contributed by atoms with Crippen molar-refractivity contribution in [2.45, 2.75) is 32.2 Å². The molecule has 6 heteroatoms. The molecule has 1 amide bonds. The van der Waals surface area contributed by atoms with E-state index >= 15 is 0 Å². The van der Waals surface area contributed by atoms with Gasteiger partial charge in [0.2, 0.25) is 0 Å². The maximum absolute atomic E-state index is 11.9. The Morgan fingerprint density at radius 3 is 2.47 bits per heavy atom. The summed E-state index contributed by atoms with van der Waals surface area (Å²) in [7, 11) is 1.78. The number of amides is 1. The number of rotatable bonds is 5. The summed E-state index contributed by atoms with van der Waals surface area (Å²) < 4.78 is 1.61. The fourth-order valence-electron chi connectivity index (χ4n) is 1.62. The molecule has 0 aliphatic rings. The highest BCUT2D eigenvalue weighted by molar-refractivity contribution is 5.94. The number of nitrogens with two attached hydrogens (primary N) is 1. The minimum Gasteiger partial charge on any atom is -0.345 e. The monoisotopic (exact) mass is 260 g/mol. The lowest BCUT2D eigenvalue weighted by Crippen LogP contribution is -2.52. The van der Waals surface area contributed by atoms with E-state index in [9.17, 15) is 4.79 Å². The third kappa shape index (κ3) is 3.71. The van der Waals surface area contributed by atoms with Gasteiger partial charge in [-0.1, -0.05) is 13.8 Å². The summed E-state index contributed by atoms with van der Waals surface area (Å²) in [4.78, 5) is 11.9. The Morgan fingerprint density at radius 1 is 1.53 bits per heavy atom. The number of nitrogens with zero attached hydrogens (tertiary/aromatic N) is 2. The van der Waals surface area contributed by atoms with Gasteiger partial charge in [-0.2, -0.15) is 5.10 Å². The van der Waals surface area contributed by atoms with Crippen LogP contribution in [0.4, 0.5) is 0 Å². The molecule has 0 radical (unpaired) electrons. The van der Waals surface area contributed by atoms with Gasteiger partial charge in [0, 0.05) is 19.8 Å². The van der Waals surface area contributed by atoms with Crippen molar-refractivity contribution in [1.29, 1.82) is 0 Å². The first-order valence-corrected chi connectivity index (χ1v) is 5.58. The molecule has 5 nitrogen and oxygen atoms in total. The van der Waals surface area contributed by atoms with Crippen molar-refractivity contribution in [3.05, 3.63) is 18.0 Å². The van der Waals surface area contributed by atoms with E-state index < -0.39 is 0 Å². The molecule has 0 aromatic carbocycles. The van der Waals surface area contributed by atoms with Gasteiger partial charge in [0.25, 0.3) is 5.91 Å². The number of aromatic nitrogens is 2. The molecule has 0 saturated carbocycles. The molecular weight excluding hydrogens is 240 g/mol. The molecule has 1 rings (SSSR count). The quantitative estimate of drug-likeness (QED) is 0.832. The predicted molar refractivity (Wildman–Crippen MR) is 70.3 cm³/mol. The summed E-state index contributed by atoms with van der Waals surface area (Å²) in [5.74, 6) is -0.109. The molecule has 1 aromatic rings. The van der Waals surface area contributed by atoms with Gasteiger partial charge in [0.1, 0.15) is 0 Å². The van der Waals surface area contributed by atoms with Crippen LogP contribution in [0.3, 0.4) is 0 Å². The van der Waals surface area contributed by atoms with Crippen LogP contribution in [0.15, 0.2) is 12.4 Å². The summed E-state index contributed by atoms with van der Waals surface area (Å²) in [6.07, 6.45) is 4.90. The van der Waals surface area contributed by atoms with E-state index in [1.54, 1.807) is 24.1 Å². The SMILES string of the molecule is CCC(CC)(CN)NC(=O)c1cnn(C)c1.Cl. The Kier molecular flexibility index (Phi) is 6.20. The zero-order valence-corrected chi connectivity index (χ0v) is 11.4. The molecule has 3 N–H and O–H groups in total. The average Bonchev–Trinajstić information content (AvgIpc) is 2.73. The largest absolute Gasteiger partial charge is 0.345 e. The van der Waals surface area contributed by atoms with E-state index in [4.69, 9.17) is 5.73 Å². The van der Waals surface area contributed by atoms with Crippen molar-refractivity contribution >= 4 is 18.3 Å². The molecule has 0 aliphatic heterocycles. The lowest BCUT2D eigenvalue weighted by Gasteiger charge is -2.31. The van der Waals surface area contributed by atoms with Crippen molar-refractivity contribution in [2.24, 2.45) is 12.8 Å². The molecule has 0 saturated heterocycles. The van der Waals surface area contributed by atoms with Crippen LogP contribution in [0, 0.1) is 0 Å².